The third kappa shape index (κ3) is 10.4. The first-order chi connectivity index (χ1) is 20.4. The van der Waals surface area contributed by atoms with Crippen LogP contribution in [0.15, 0.2) is 11.6 Å². The highest BCUT2D eigenvalue weighted by molar-refractivity contribution is 7.11. The van der Waals surface area contributed by atoms with Gasteiger partial charge in [-0.3, -0.25) is 24.5 Å². The highest BCUT2D eigenvalue weighted by Crippen LogP contribution is 2.29. The van der Waals surface area contributed by atoms with E-state index in [-0.39, 0.29) is 24.1 Å². The Morgan fingerprint density at radius 3 is 1.88 bits per heavy atom. The second kappa shape index (κ2) is 17.1. The Morgan fingerprint density at radius 2 is 1.31 bits per heavy atom. The molecule has 1 saturated heterocycles. The molecule has 0 bridgehead atoms. The number of rotatable bonds is 15. The minimum atomic E-state index is -1.02. The lowest BCUT2D eigenvalue weighted by molar-refractivity contribution is -0.136. The molecule has 5 N–H and O–H groups in total. The summed E-state index contributed by atoms with van der Waals surface area (Å²) in [6, 6.07) is -2.19. The van der Waals surface area contributed by atoms with Crippen molar-refractivity contribution in [2.75, 3.05) is 19.6 Å². The molecule has 0 spiro atoms. The first-order valence-electron chi connectivity index (χ1n) is 16.1. The molecule has 2 aliphatic carbocycles. The van der Waals surface area contributed by atoms with Gasteiger partial charge in [-0.1, -0.05) is 64.2 Å². The molecule has 42 heavy (non-hydrogen) atoms. The minimum Gasteiger partial charge on any atom is -0.480 e. The van der Waals surface area contributed by atoms with Gasteiger partial charge in [0, 0.05) is 11.6 Å². The normalized spacial score (nSPS) is 21.2. The van der Waals surface area contributed by atoms with Gasteiger partial charge in [0.25, 0.3) is 0 Å². The monoisotopic (exact) mass is 603 g/mol. The number of carboxylic acid groups (broad SMARTS) is 1. The van der Waals surface area contributed by atoms with Crippen LogP contribution in [0.5, 0.6) is 0 Å². The third-order valence-electron chi connectivity index (χ3n) is 9.34. The van der Waals surface area contributed by atoms with Crippen molar-refractivity contribution in [1.29, 1.82) is 0 Å². The second-order valence-electron chi connectivity index (χ2n) is 12.6. The molecule has 1 unspecified atom stereocenters. The molecule has 2 heterocycles. The largest absolute Gasteiger partial charge is 0.480 e. The van der Waals surface area contributed by atoms with E-state index in [1.165, 1.54) is 24.2 Å². The number of carbonyl (C=O) groups is 4. The highest BCUT2D eigenvalue weighted by Gasteiger charge is 2.34. The Balaban J connectivity index is 1.49. The number of thiazole rings is 1. The fraction of sp³-hybridized carbons (Fsp3) is 0.774. The molecule has 0 radical (unpaired) electrons. The Kier molecular flexibility index (Phi) is 13.2. The average molecular weight is 604 g/mol. The van der Waals surface area contributed by atoms with Gasteiger partial charge in [-0.15, -0.1) is 11.3 Å². The summed E-state index contributed by atoms with van der Waals surface area (Å²) in [6.07, 6.45) is 16.0. The lowest BCUT2D eigenvalue weighted by atomic mass is 9.83. The van der Waals surface area contributed by atoms with E-state index in [1.54, 1.807) is 11.6 Å². The van der Waals surface area contributed by atoms with Crippen molar-refractivity contribution in [3.05, 3.63) is 16.6 Å². The van der Waals surface area contributed by atoms with Crippen LogP contribution in [0.2, 0.25) is 0 Å². The van der Waals surface area contributed by atoms with Crippen LogP contribution < -0.4 is 21.3 Å². The van der Waals surface area contributed by atoms with Gasteiger partial charge in [-0.05, 0) is 62.9 Å². The average Bonchev–Trinajstić information content (AvgIpc) is 3.55. The molecule has 10 nitrogen and oxygen atoms in total. The number of aromatic nitrogens is 1. The number of aliphatic carboxylic acids is 1. The maximum atomic E-state index is 13.9. The number of ketones is 1. The van der Waals surface area contributed by atoms with Gasteiger partial charge in [0.15, 0.2) is 5.01 Å². The summed E-state index contributed by atoms with van der Waals surface area (Å²) in [6.45, 7) is 1.47. The van der Waals surface area contributed by atoms with E-state index in [0.717, 1.165) is 77.3 Å². The predicted molar refractivity (Wildman–Crippen MR) is 162 cm³/mol. The molecule has 2 amide bonds. The van der Waals surface area contributed by atoms with Gasteiger partial charge in [-0.25, -0.2) is 4.98 Å². The van der Waals surface area contributed by atoms with Gasteiger partial charge < -0.3 is 21.1 Å². The summed E-state index contributed by atoms with van der Waals surface area (Å²) in [4.78, 5) is 56.7. The van der Waals surface area contributed by atoms with Crippen LogP contribution in [0.1, 0.15) is 106 Å². The number of carbonyl (C=O) groups excluding carboxylic acids is 3. The summed E-state index contributed by atoms with van der Waals surface area (Å²) < 4.78 is 0. The Morgan fingerprint density at radius 1 is 0.786 bits per heavy atom. The number of nitrogens with zero attached hydrogens (tertiary/aromatic N) is 1. The van der Waals surface area contributed by atoms with Gasteiger partial charge in [-0.2, -0.15) is 0 Å². The molecular weight excluding hydrogens is 554 g/mol. The number of hydrogen-bond acceptors (Lipinski definition) is 8. The number of Topliss-reactive ketones (excluding diaryl/α,β-unsaturated/α-hetero) is 1. The second-order valence-corrected chi connectivity index (χ2v) is 13.5. The lowest BCUT2D eigenvalue weighted by Gasteiger charge is -2.31. The molecule has 1 aliphatic heterocycles. The zero-order chi connectivity index (χ0) is 29.7. The molecule has 4 rings (SSSR count). The Labute approximate surface area is 253 Å². The number of amides is 2. The summed E-state index contributed by atoms with van der Waals surface area (Å²) in [5.41, 5.74) is 0. The molecule has 2 saturated carbocycles. The van der Waals surface area contributed by atoms with Gasteiger partial charge >= 0.3 is 5.97 Å². The fourth-order valence-corrected chi connectivity index (χ4v) is 7.59. The molecule has 1 aromatic rings. The van der Waals surface area contributed by atoms with Crippen molar-refractivity contribution in [2.24, 2.45) is 17.8 Å². The van der Waals surface area contributed by atoms with Crippen molar-refractivity contribution in [2.45, 2.75) is 114 Å². The van der Waals surface area contributed by atoms with Crippen molar-refractivity contribution >= 4 is 34.9 Å². The van der Waals surface area contributed by atoms with Crippen LogP contribution in [-0.4, -0.2) is 71.4 Å². The summed E-state index contributed by atoms with van der Waals surface area (Å²) in [5.74, 6) is -0.895. The van der Waals surface area contributed by atoms with E-state index < -0.39 is 24.1 Å². The van der Waals surface area contributed by atoms with Crippen LogP contribution in [0.4, 0.5) is 0 Å². The van der Waals surface area contributed by atoms with E-state index in [2.05, 4.69) is 26.3 Å². The van der Waals surface area contributed by atoms with E-state index >= 15 is 0 Å². The molecule has 1 aromatic heterocycles. The van der Waals surface area contributed by atoms with Crippen molar-refractivity contribution < 1.29 is 24.3 Å². The summed E-state index contributed by atoms with van der Waals surface area (Å²) in [5, 5.41) is 23.8. The summed E-state index contributed by atoms with van der Waals surface area (Å²) >= 11 is 1.27. The first-order valence-corrected chi connectivity index (χ1v) is 17.0. The van der Waals surface area contributed by atoms with E-state index in [0.29, 0.717) is 42.0 Å². The van der Waals surface area contributed by atoms with Crippen LogP contribution in [-0.2, 0) is 14.4 Å². The molecule has 3 fully saturated rings. The number of hydrogen-bond donors (Lipinski definition) is 5. The standard InChI is InChI=1S/C31H49N5O5S/c37-27(38)20-34-25(18-21-7-3-1-4-8-21)29(40)36-26(19-22-9-5-2-6-10-22)30(41)35-24(17-23-11-13-32-14-12-23)28(39)31-33-15-16-42-31/h15-16,21-26,32,34H,1-14,17-20H2,(H,35,41)(H,36,40)(H,37,38)/t24?,25-,26+/m1/s1. The zero-order valence-corrected chi connectivity index (χ0v) is 25.6. The van der Waals surface area contributed by atoms with Crippen LogP contribution >= 0.6 is 11.3 Å². The van der Waals surface area contributed by atoms with Gasteiger partial charge in [0.2, 0.25) is 17.6 Å². The number of carboxylic acids is 1. The van der Waals surface area contributed by atoms with Crippen molar-refractivity contribution in [1.82, 2.24) is 26.3 Å². The molecule has 0 aromatic carbocycles. The fourth-order valence-electron chi connectivity index (χ4n) is 6.96. The molecular formula is C31H49N5O5S. The minimum absolute atomic E-state index is 0.182. The molecule has 3 aliphatic rings. The third-order valence-corrected chi connectivity index (χ3v) is 10.1. The number of nitrogens with one attached hydrogen (secondary N) is 4. The van der Waals surface area contributed by atoms with E-state index in [9.17, 15) is 24.3 Å². The van der Waals surface area contributed by atoms with Crippen LogP contribution in [0, 0.1) is 17.8 Å². The zero-order valence-electron chi connectivity index (χ0n) is 24.8. The number of piperidine rings is 1. The van der Waals surface area contributed by atoms with Crippen molar-refractivity contribution in [3.8, 4) is 0 Å². The molecule has 234 valence electrons. The van der Waals surface area contributed by atoms with E-state index in [1.807, 2.05) is 0 Å². The molecule has 11 heteroatoms. The predicted octanol–water partition coefficient (Wildman–Crippen LogP) is 3.67. The maximum Gasteiger partial charge on any atom is 0.317 e. The highest BCUT2D eigenvalue weighted by atomic mass is 32.1. The lowest BCUT2D eigenvalue weighted by Crippen LogP contribution is -2.56. The quantitative estimate of drug-likeness (QED) is 0.191. The Bertz CT molecular complexity index is 1000. The smallest absolute Gasteiger partial charge is 0.317 e. The van der Waals surface area contributed by atoms with Crippen LogP contribution in [0.25, 0.3) is 0 Å². The van der Waals surface area contributed by atoms with E-state index in [4.69, 9.17) is 0 Å². The van der Waals surface area contributed by atoms with Crippen LogP contribution in [0.3, 0.4) is 0 Å². The Hall–Kier alpha value is -2.37. The first kappa shape index (κ1) is 32.5. The maximum absolute atomic E-state index is 13.9. The summed E-state index contributed by atoms with van der Waals surface area (Å²) in [7, 11) is 0. The molecule has 3 atom stereocenters. The topological polar surface area (TPSA) is 150 Å². The van der Waals surface area contributed by atoms with Gasteiger partial charge in [0.1, 0.15) is 6.04 Å². The van der Waals surface area contributed by atoms with Gasteiger partial charge in [0.05, 0.1) is 18.6 Å². The van der Waals surface area contributed by atoms with Crippen molar-refractivity contribution in [3.63, 3.8) is 0 Å². The SMILES string of the molecule is O=C(O)CN[C@H](CC1CCCCC1)C(=O)N[C@@H](CC1CCCCC1)C(=O)NC(CC1CCNCC1)C(=O)c1nccs1.